The number of rotatable bonds is 2. The first-order valence-corrected chi connectivity index (χ1v) is 7.27. The maximum atomic E-state index is 12.3. The van der Waals surface area contributed by atoms with Crippen molar-refractivity contribution < 1.29 is 13.9 Å². The van der Waals surface area contributed by atoms with Gasteiger partial charge >= 0.3 is 5.97 Å². The molecule has 0 unspecified atom stereocenters. The Balaban J connectivity index is 1.92. The second-order valence-electron chi connectivity index (χ2n) is 5.29. The van der Waals surface area contributed by atoms with Gasteiger partial charge in [-0.15, -0.1) is 0 Å². The van der Waals surface area contributed by atoms with Gasteiger partial charge in [0.2, 0.25) is 0 Å². The molecule has 0 atom stereocenters. The Hall–Kier alpha value is -3.41. The second-order valence-corrected chi connectivity index (χ2v) is 5.29. The van der Waals surface area contributed by atoms with Gasteiger partial charge in [-0.1, -0.05) is 18.2 Å². The third kappa shape index (κ3) is 2.25. The smallest absolute Gasteiger partial charge is 0.337 e. The number of aromatic amines is 1. The number of esters is 1. The number of carbonyl (C=O) groups excluding carboxylic acids is 1. The summed E-state index contributed by atoms with van der Waals surface area (Å²) in [6.07, 6.45) is 0. The van der Waals surface area contributed by atoms with Gasteiger partial charge in [-0.05, 0) is 30.3 Å². The van der Waals surface area contributed by atoms with E-state index in [0.29, 0.717) is 33.6 Å². The van der Waals surface area contributed by atoms with Gasteiger partial charge in [0.1, 0.15) is 5.58 Å². The van der Waals surface area contributed by atoms with Crippen LogP contribution >= 0.6 is 0 Å². The number of nitrogens with zero attached hydrogens (tertiary/aromatic N) is 1. The molecule has 6 heteroatoms. The lowest BCUT2D eigenvalue weighted by Gasteiger charge is -2.03. The van der Waals surface area contributed by atoms with Gasteiger partial charge in [-0.2, -0.15) is 0 Å². The number of fused-ring (bicyclic) bond motifs is 2. The van der Waals surface area contributed by atoms with Gasteiger partial charge in [-0.3, -0.25) is 4.79 Å². The highest BCUT2D eigenvalue weighted by molar-refractivity contribution is 5.94. The molecule has 118 valence electrons. The summed E-state index contributed by atoms with van der Waals surface area (Å²) in [5, 5.41) is 1.31. The molecule has 0 fully saturated rings. The van der Waals surface area contributed by atoms with Gasteiger partial charge in [0.05, 0.1) is 23.6 Å². The monoisotopic (exact) mass is 320 g/mol. The summed E-state index contributed by atoms with van der Waals surface area (Å²) in [5.74, 6) is 0.286. The SMILES string of the molecule is COC(=O)c1ccc2c(=O)[nH]c(-c3cc4ccccc4o3)nc2c1. The number of furan rings is 1. The van der Waals surface area contributed by atoms with Crippen molar-refractivity contribution >= 4 is 27.8 Å². The van der Waals surface area contributed by atoms with Crippen molar-refractivity contribution in [2.45, 2.75) is 0 Å². The molecule has 6 nitrogen and oxygen atoms in total. The highest BCUT2D eigenvalue weighted by atomic mass is 16.5. The van der Waals surface area contributed by atoms with Gasteiger partial charge in [0.25, 0.3) is 5.56 Å². The number of hydrogen-bond acceptors (Lipinski definition) is 5. The maximum absolute atomic E-state index is 12.3. The van der Waals surface area contributed by atoms with E-state index in [1.807, 2.05) is 30.3 Å². The predicted molar refractivity (Wildman–Crippen MR) is 88.9 cm³/mol. The molecule has 4 aromatic rings. The van der Waals surface area contributed by atoms with Gasteiger partial charge in [0, 0.05) is 5.39 Å². The molecular weight excluding hydrogens is 308 g/mol. The molecule has 24 heavy (non-hydrogen) atoms. The summed E-state index contributed by atoms with van der Waals surface area (Å²) in [7, 11) is 1.30. The lowest BCUT2D eigenvalue weighted by atomic mass is 10.1. The maximum Gasteiger partial charge on any atom is 0.337 e. The zero-order valence-electron chi connectivity index (χ0n) is 12.7. The van der Waals surface area contributed by atoms with Crippen LogP contribution in [0.25, 0.3) is 33.5 Å². The van der Waals surface area contributed by atoms with E-state index in [2.05, 4.69) is 9.97 Å². The van der Waals surface area contributed by atoms with Gasteiger partial charge < -0.3 is 14.1 Å². The summed E-state index contributed by atoms with van der Waals surface area (Å²) in [6, 6.07) is 14.0. The number of para-hydroxylation sites is 1. The summed E-state index contributed by atoms with van der Waals surface area (Å²) in [5.41, 5.74) is 1.14. The Morgan fingerprint density at radius 3 is 2.79 bits per heavy atom. The summed E-state index contributed by atoms with van der Waals surface area (Å²) < 4.78 is 10.4. The van der Waals surface area contributed by atoms with Crippen molar-refractivity contribution in [2.75, 3.05) is 7.11 Å². The molecule has 2 aromatic heterocycles. The summed E-state index contributed by atoms with van der Waals surface area (Å²) >= 11 is 0. The van der Waals surface area contributed by atoms with E-state index in [0.717, 1.165) is 5.39 Å². The first-order valence-electron chi connectivity index (χ1n) is 7.27. The largest absolute Gasteiger partial charge is 0.465 e. The van der Waals surface area contributed by atoms with E-state index >= 15 is 0 Å². The average Bonchev–Trinajstić information content (AvgIpc) is 3.04. The van der Waals surface area contributed by atoms with Gasteiger partial charge in [0.15, 0.2) is 11.6 Å². The molecule has 0 saturated carbocycles. The van der Waals surface area contributed by atoms with Crippen LogP contribution in [0.3, 0.4) is 0 Å². The molecule has 0 radical (unpaired) electrons. The van der Waals surface area contributed by atoms with Crippen LogP contribution in [0, 0.1) is 0 Å². The third-order valence-electron chi connectivity index (χ3n) is 3.79. The minimum absolute atomic E-state index is 0.299. The van der Waals surface area contributed by atoms with Crippen molar-refractivity contribution in [1.29, 1.82) is 0 Å². The lowest BCUT2D eigenvalue weighted by Crippen LogP contribution is -2.10. The molecule has 0 aliphatic rings. The first kappa shape index (κ1) is 14.2. The van der Waals surface area contributed by atoms with Crippen LogP contribution in [0.4, 0.5) is 0 Å². The Kier molecular flexibility index (Phi) is 3.16. The quantitative estimate of drug-likeness (QED) is 0.574. The van der Waals surface area contributed by atoms with Crippen molar-refractivity contribution in [1.82, 2.24) is 9.97 Å². The fraction of sp³-hybridized carbons (Fsp3) is 0.0556. The third-order valence-corrected chi connectivity index (χ3v) is 3.79. The van der Waals surface area contributed by atoms with Crippen LogP contribution in [0.15, 0.2) is 57.7 Å². The number of ether oxygens (including phenoxy) is 1. The van der Waals surface area contributed by atoms with Crippen molar-refractivity contribution in [3.8, 4) is 11.6 Å². The minimum atomic E-state index is -0.482. The van der Waals surface area contributed by atoms with Crippen LogP contribution in [-0.4, -0.2) is 23.0 Å². The molecule has 4 rings (SSSR count). The van der Waals surface area contributed by atoms with Crippen LogP contribution in [0.2, 0.25) is 0 Å². The predicted octanol–water partition coefficient (Wildman–Crippen LogP) is 3.12. The van der Waals surface area contributed by atoms with Crippen LogP contribution < -0.4 is 5.56 Å². The second kappa shape index (κ2) is 5.34. The highest BCUT2D eigenvalue weighted by Gasteiger charge is 2.13. The number of aromatic nitrogens is 2. The molecule has 2 heterocycles. The molecule has 0 bridgehead atoms. The highest BCUT2D eigenvalue weighted by Crippen LogP contribution is 2.25. The average molecular weight is 320 g/mol. The number of nitrogens with one attached hydrogen (secondary N) is 1. The molecule has 0 spiro atoms. The lowest BCUT2D eigenvalue weighted by molar-refractivity contribution is 0.0601. The van der Waals surface area contributed by atoms with Crippen LogP contribution in [-0.2, 0) is 4.74 Å². The van der Waals surface area contributed by atoms with Crippen molar-refractivity contribution in [3.63, 3.8) is 0 Å². The van der Waals surface area contributed by atoms with Crippen LogP contribution in [0.1, 0.15) is 10.4 Å². The Morgan fingerprint density at radius 1 is 1.17 bits per heavy atom. The number of carbonyl (C=O) groups is 1. The van der Waals surface area contributed by atoms with E-state index in [1.54, 1.807) is 6.07 Å². The van der Waals surface area contributed by atoms with E-state index in [-0.39, 0.29) is 5.56 Å². The molecular formula is C18H12N2O4. The topological polar surface area (TPSA) is 85.2 Å². The van der Waals surface area contributed by atoms with Gasteiger partial charge in [-0.25, -0.2) is 9.78 Å². The summed E-state index contributed by atoms with van der Waals surface area (Å²) in [4.78, 5) is 31.1. The van der Waals surface area contributed by atoms with Crippen molar-refractivity contribution in [2.24, 2.45) is 0 Å². The number of methoxy groups -OCH3 is 1. The molecule has 0 amide bonds. The Labute approximate surface area is 135 Å². The molecule has 2 aromatic carbocycles. The summed E-state index contributed by atoms with van der Waals surface area (Å²) in [6.45, 7) is 0. The molecule has 1 N–H and O–H groups in total. The normalized spacial score (nSPS) is 11.0. The Morgan fingerprint density at radius 2 is 2.00 bits per heavy atom. The number of H-pyrrole nitrogens is 1. The Bertz CT molecular complexity index is 1110. The van der Waals surface area contributed by atoms with Crippen LogP contribution in [0.5, 0.6) is 0 Å². The molecule has 0 aliphatic heterocycles. The number of hydrogen-bond donors (Lipinski definition) is 1. The standard InChI is InChI=1S/C18H12N2O4/c1-23-18(22)11-6-7-12-13(8-11)19-16(20-17(12)21)15-9-10-4-2-3-5-14(10)24-15/h2-9H,1H3,(H,19,20,21). The van der Waals surface area contributed by atoms with E-state index in [1.165, 1.54) is 19.2 Å². The molecule has 0 saturated heterocycles. The zero-order valence-corrected chi connectivity index (χ0v) is 12.7. The fourth-order valence-electron chi connectivity index (χ4n) is 2.60. The van der Waals surface area contributed by atoms with E-state index < -0.39 is 5.97 Å². The first-order chi connectivity index (χ1) is 11.7. The van der Waals surface area contributed by atoms with Crippen molar-refractivity contribution in [3.05, 3.63) is 64.4 Å². The van der Waals surface area contributed by atoms with E-state index in [4.69, 9.17) is 9.15 Å². The molecule has 0 aliphatic carbocycles. The van der Waals surface area contributed by atoms with E-state index in [9.17, 15) is 9.59 Å². The zero-order chi connectivity index (χ0) is 16.7. The minimum Gasteiger partial charge on any atom is -0.465 e. The number of benzene rings is 2. The fourth-order valence-corrected chi connectivity index (χ4v) is 2.60.